The van der Waals surface area contributed by atoms with Crippen LogP contribution in [-0.4, -0.2) is 49.6 Å². The van der Waals surface area contributed by atoms with Crippen LogP contribution in [0.25, 0.3) is 0 Å². The van der Waals surface area contributed by atoms with Crippen LogP contribution in [0.4, 0.5) is 5.69 Å². The van der Waals surface area contributed by atoms with E-state index in [9.17, 15) is 0 Å². The number of nitrogens with zero attached hydrogens (tertiary/aromatic N) is 2. The standard InChI is InChI=1S/C18H31N3/c1-5-21-11-9-17(10-12-21)15(2)19-18-8-6-7-16(13-18)14-20(3)4/h6-8,13,15,17,19H,5,9-12,14H2,1-4H3. The molecule has 0 amide bonds. The minimum absolute atomic E-state index is 0.554. The third-order valence-corrected chi connectivity index (χ3v) is 4.61. The SMILES string of the molecule is CCN1CCC(C(C)Nc2cccc(CN(C)C)c2)CC1. The lowest BCUT2D eigenvalue weighted by Gasteiger charge is -2.35. The topological polar surface area (TPSA) is 18.5 Å². The molecule has 0 spiro atoms. The lowest BCUT2D eigenvalue weighted by atomic mass is 9.90. The summed E-state index contributed by atoms with van der Waals surface area (Å²) in [6, 6.07) is 9.40. The largest absolute Gasteiger partial charge is 0.382 e. The summed E-state index contributed by atoms with van der Waals surface area (Å²) in [5.74, 6) is 0.797. The van der Waals surface area contributed by atoms with Gasteiger partial charge in [-0.05, 0) is 77.1 Å². The van der Waals surface area contributed by atoms with Crippen molar-refractivity contribution in [2.75, 3.05) is 39.0 Å². The van der Waals surface area contributed by atoms with Gasteiger partial charge in [-0.1, -0.05) is 19.1 Å². The van der Waals surface area contributed by atoms with Crippen molar-refractivity contribution < 1.29 is 0 Å². The number of piperidine rings is 1. The van der Waals surface area contributed by atoms with E-state index in [4.69, 9.17) is 0 Å². The van der Waals surface area contributed by atoms with Gasteiger partial charge >= 0.3 is 0 Å². The number of rotatable bonds is 6. The summed E-state index contributed by atoms with van der Waals surface area (Å²) in [5.41, 5.74) is 2.64. The van der Waals surface area contributed by atoms with Gasteiger partial charge in [0.05, 0.1) is 0 Å². The third kappa shape index (κ3) is 5.01. The second-order valence-corrected chi connectivity index (χ2v) is 6.64. The normalized spacial score (nSPS) is 18.9. The molecular formula is C18H31N3. The summed E-state index contributed by atoms with van der Waals surface area (Å²) in [5, 5.41) is 3.72. The number of likely N-dealkylation sites (tertiary alicyclic amines) is 1. The Balaban J connectivity index is 1.89. The molecule has 1 fully saturated rings. The summed E-state index contributed by atoms with van der Waals surface area (Å²) in [6.45, 7) is 9.31. The molecule has 0 aliphatic carbocycles. The molecule has 1 aliphatic rings. The number of hydrogen-bond acceptors (Lipinski definition) is 3. The van der Waals surface area contributed by atoms with Gasteiger partial charge in [0.2, 0.25) is 0 Å². The van der Waals surface area contributed by atoms with Gasteiger partial charge in [0, 0.05) is 18.3 Å². The zero-order chi connectivity index (χ0) is 15.2. The van der Waals surface area contributed by atoms with Crippen LogP contribution in [-0.2, 0) is 6.54 Å². The van der Waals surface area contributed by atoms with E-state index in [1.165, 1.54) is 43.7 Å². The molecule has 21 heavy (non-hydrogen) atoms. The van der Waals surface area contributed by atoms with E-state index in [1.54, 1.807) is 0 Å². The van der Waals surface area contributed by atoms with E-state index < -0.39 is 0 Å². The maximum Gasteiger partial charge on any atom is 0.0345 e. The molecule has 118 valence electrons. The third-order valence-electron chi connectivity index (χ3n) is 4.61. The van der Waals surface area contributed by atoms with Gasteiger partial charge < -0.3 is 15.1 Å². The van der Waals surface area contributed by atoms with Crippen molar-refractivity contribution in [2.24, 2.45) is 5.92 Å². The minimum atomic E-state index is 0.554. The van der Waals surface area contributed by atoms with Crippen molar-refractivity contribution in [3.63, 3.8) is 0 Å². The van der Waals surface area contributed by atoms with Crippen LogP contribution in [0.2, 0.25) is 0 Å². The van der Waals surface area contributed by atoms with E-state index >= 15 is 0 Å². The first-order valence-electron chi connectivity index (χ1n) is 8.31. The molecule has 1 heterocycles. The number of hydrogen-bond donors (Lipinski definition) is 1. The average molecular weight is 289 g/mol. The van der Waals surface area contributed by atoms with Gasteiger partial charge in [-0.2, -0.15) is 0 Å². The highest BCUT2D eigenvalue weighted by Crippen LogP contribution is 2.23. The first-order chi connectivity index (χ1) is 10.1. The van der Waals surface area contributed by atoms with E-state index in [0.717, 1.165) is 12.5 Å². The summed E-state index contributed by atoms with van der Waals surface area (Å²) in [4.78, 5) is 4.77. The van der Waals surface area contributed by atoms with Crippen LogP contribution in [0.3, 0.4) is 0 Å². The predicted octanol–water partition coefficient (Wildman–Crippen LogP) is 3.28. The highest BCUT2D eigenvalue weighted by atomic mass is 15.1. The van der Waals surface area contributed by atoms with Crippen molar-refractivity contribution in [1.82, 2.24) is 9.80 Å². The molecule has 0 saturated carbocycles. The minimum Gasteiger partial charge on any atom is -0.382 e. The van der Waals surface area contributed by atoms with Gasteiger partial charge in [0.15, 0.2) is 0 Å². The van der Waals surface area contributed by atoms with Gasteiger partial charge in [-0.3, -0.25) is 0 Å². The van der Waals surface area contributed by atoms with Crippen molar-refractivity contribution in [1.29, 1.82) is 0 Å². The molecule has 2 rings (SSSR count). The molecular weight excluding hydrogens is 258 g/mol. The average Bonchev–Trinajstić information content (AvgIpc) is 2.47. The summed E-state index contributed by atoms with van der Waals surface area (Å²) < 4.78 is 0. The van der Waals surface area contributed by atoms with E-state index in [1.807, 2.05) is 0 Å². The highest BCUT2D eigenvalue weighted by molar-refractivity contribution is 5.46. The zero-order valence-electron chi connectivity index (χ0n) is 14.1. The molecule has 1 atom stereocenters. The second kappa shape index (κ2) is 7.81. The number of anilines is 1. The Labute approximate surface area is 130 Å². The second-order valence-electron chi connectivity index (χ2n) is 6.64. The quantitative estimate of drug-likeness (QED) is 0.867. The summed E-state index contributed by atoms with van der Waals surface area (Å²) >= 11 is 0. The molecule has 0 radical (unpaired) electrons. The van der Waals surface area contributed by atoms with Crippen LogP contribution in [0.5, 0.6) is 0 Å². The summed E-state index contributed by atoms with van der Waals surface area (Å²) in [7, 11) is 4.23. The van der Waals surface area contributed by atoms with E-state index in [-0.39, 0.29) is 0 Å². The predicted molar refractivity (Wildman–Crippen MR) is 91.8 cm³/mol. The number of nitrogens with one attached hydrogen (secondary N) is 1. The van der Waals surface area contributed by atoms with Gasteiger partial charge in [0.1, 0.15) is 0 Å². The lowest BCUT2D eigenvalue weighted by molar-refractivity contribution is 0.183. The zero-order valence-corrected chi connectivity index (χ0v) is 14.1. The van der Waals surface area contributed by atoms with Gasteiger partial charge in [-0.25, -0.2) is 0 Å². The first kappa shape index (κ1) is 16.3. The van der Waals surface area contributed by atoms with Crippen LogP contribution in [0.1, 0.15) is 32.3 Å². The molecule has 1 unspecified atom stereocenters. The highest BCUT2D eigenvalue weighted by Gasteiger charge is 2.22. The van der Waals surface area contributed by atoms with E-state index in [0.29, 0.717) is 6.04 Å². The lowest BCUT2D eigenvalue weighted by Crippen LogP contribution is -2.39. The first-order valence-corrected chi connectivity index (χ1v) is 8.31. The van der Waals surface area contributed by atoms with Crippen molar-refractivity contribution in [3.05, 3.63) is 29.8 Å². The van der Waals surface area contributed by atoms with Crippen LogP contribution in [0.15, 0.2) is 24.3 Å². The fourth-order valence-corrected chi connectivity index (χ4v) is 3.27. The fourth-order valence-electron chi connectivity index (χ4n) is 3.27. The Morgan fingerprint density at radius 1 is 1.29 bits per heavy atom. The van der Waals surface area contributed by atoms with Gasteiger partial charge in [0.25, 0.3) is 0 Å². The fraction of sp³-hybridized carbons (Fsp3) is 0.667. The molecule has 3 heteroatoms. The maximum atomic E-state index is 3.72. The van der Waals surface area contributed by atoms with Crippen molar-refractivity contribution in [3.8, 4) is 0 Å². The molecule has 1 aliphatic heterocycles. The number of benzene rings is 1. The van der Waals surface area contributed by atoms with Gasteiger partial charge in [-0.15, -0.1) is 0 Å². The Kier molecular flexibility index (Phi) is 6.07. The van der Waals surface area contributed by atoms with Crippen molar-refractivity contribution >= 4 is 5.69 Å². The molecule has 3 nitrogen and oxygen atoms in total. The van der Waals surface area contributed by atoms with Crippen molar-refractivity contribution in [2.45, 2.75) is 39.3 Å². The Morgan fingerprint density at radius 3 is 2.62 bits per heavy atom. The Morgan fingerprint density at radius 2 is 2.00 bits per heavy atom. The van der Waals surface area contributed by atoms with E-state index in [2.05, 4.69) is 67.3 Å². The molecule has 0 aromatic heterocycles. The molecule has 1 N–H and O–H groups in total. The molecule has 0 bridgehead atoms. The molecule has 1 saturated heterocycles. The Hall–Kier alpha value is -1.06. The smallest absolute Gasteiger partial charge is 0.0345 e. The maximum absolute atomic E-state index is 3.72. The Bertz CT molecular complexity index is 422. The van der Waals surface area contributed by atoms with Crippen LogP contribution in [0, 0.1) is 5.92 Å². The molecule has 1 aromatic carbocycles. The van der Waals surface area contributed by atoms with Crippen LogP contribution >= 0.6 is 0 Å². The summed E-state index contributed by atoms with van der Waals surface area (Å²) in [6.07, 6.45) is 2.64. The molecule has 1 aromatic rings. The monoisotopic (exact) mass is 289 g/mol. The van der Waals surface area contributed by atoms with Crippen LogP contribution < -0.4 is 5.32 Å².